The largest absolute Gasteiger partial charge is 0.456 e. The molecule has 0 saturated carbocycles. The van der Waals surface area contributed by atoms with Crippen LogP contribution < -0.4 is 5.32 Å². The van der Waals surface area contributed by atoms with Crippen molar-refractivity contribution in [2.45, 2.75) is 46.7 Å². The smallest absolute Gasteiger partial charge is 0.170 e. The molecule has 0 unspecified atom stereocenters. The van der Waals surface area contributed by atoms with Gasteiger partial charge < -0.3 is 9.73 Å². The Bertz CT molecular complexity index is 578. The van der Waals surface area contributed by atoms with Crippen LogP contribution in [0, 0.1) is 19.7 Å². The molecule has 98 valence electrons. The van der Waals surface area contributed by atoms with Gasteiger partial charge in [0.1, 0.15) is 5.76 Å². The van der Waals surface area contributed by atoms with E-state index in [9.17, 15) is 4.39 Å². The van der Waals surface area contributed by atoms with E-state index in [2.05, 4.69) is 26.1 Å². The average molecular weight is 249 g/mol. The number of hydrogen-bond acceptors (Lipinski definition) is 2. The Balaban J connectivity index is 2.41. The molecule has 0 spiro atoms. The molecule has 0 aliphatic rings. The van der Waals surface area contributed by atoms with E-state index < -0.39 is 0 Å². The van der Waals surface area contributed by atoms with Gasteiger partial charge in [-0.1, -0.05) is 12.1 Å². The Labute approximate surface area is 107 Å². The molecule has 0 atom stereocenters. The van der Waals surface area contributed by atoms with E-state index in [1.54, 1.807) is 13.0 Å². The van der Waals surface area contributed by atoms with E-state index in [-0.39, 0.29) is 11.4 Å². The molecule has 0 fully saturated rings. The van der Waals surface area contributed by atoms with E-state index in [1.807, 2.05) is 13.0 Å². The van der Waals surface area contributed by atoms with E-state index in [4.69, 9.17) is 4.42 Å². The molecule has 0 aliphatic heterocycles. The summed E-state index contributed by atoms with van der Waals surface area (Å²) in [6, 6.07) is 3.72. The summed E-state index contributed by atoms with van der Waals surface area (Å²) in [5, 5.41) is 4.22. The summed E-state index contributed by atoms with van der Waals surface area (Å²) in [6.07, 6.45) is 0. The van der Waals surface area contributed by atoms with Gasteiger partial charge in [-0.05, 0) is 45.7 Å². The molecule has 0 amide bonds. The zero-order valence-corrected chi connectivity index (χ0v) is 11.6. The maximum Gasteiger partial charge on any atom is 0.170 e. The molecule has 0 radical (unpaired) electrons. The molecule has 18 heavy (non-hydrogen) atoms. The van der Waals surface area contributed by atoms with Crippen molar-refractivity contribution < 1.29 is 8.81 Å². The molecule has 1 heterocycles. The Kier molecular flexibility index (Phi) is 3.20. The molecular formula is C15H20FNO. The second-order valence-electron chi connectivity index (χ2n) is 5.83. The fraction of sp³-hybridized carbons (Fsp3) is 0.467. The van der Waals surface area contributed by atoms with Crippen LogP contribution >= 0.6 is 0 Å². The first kappa shape index (κ1) is 13.1. The Hall–Kier alpha value is -1.35. The zero-order chi connectivity index (χ0) is 13.5. The first-order valence-corrected chi connectivity index (χ1v) is 6.22. The number of furan rings is 1. The fourth-order valence-corrected chi connectivity index (χ4v) is 1.91. The predicted molar refractivity (Wildman–Crippen MR) is 72.2 cm³/mol. The van der Waals surface area contributed by atoms with Gasteiger partial charge in [0, 0.05) is 10.9 Å². The molecule has 1 N–H and O–H groups in total. The van der Waals surface area contributed by atoms with Crippen LogP contribution in [0.15, 0.2) is 16.5 Å². The molecule has 2 rings (SSSR count). The highest BCUT2D eigenvalue weighted by atomic mass is 19.1. The van der Waals surface area contributed by atoms with Crippen LogP contribution in [0.25, 0.3) is 11.0 Å². The maximum absolute atomic E-state index is 14.0. The molecule has 1 aromatic carbocycles. The molecule has 0 saturated heterocycles. The standard InChI is InChI=1S/C15H20FNO/c1-9-6-7-11-10(2)12(8-17-15(3,4)5)18-14(11)13(9)16/h6-7,17H,8H2,1-5H3. The number of halogens is 1. The Morgan fingerprint density at radius 1 is 1.22 bits per heavy atom. The highest BCUT2D eigenvalue weighted by molar-refractivity contribution is 5.83. The molecule has 1 aromatic heterocycles. The summed E-state index contributed by atoms with van der Waals surface area (Å²) < 4.78 is 19.6. The van der Waals surface area contributed by atoms with Crippen molar-refractivity contribution in [2.75, 3.05) is 0 Å². The number of aryl methyl sites for hydroxylation is 2. The number of rotatable bonds is 2. The van der Waals surface area contributed by atoms with Crippen molar-refractivity contribution in [3.05, 3.63) is 34.8 Å². The molecule has 0 aliphatic carbocycles. The highest BCUT2D eigenvalue weighted by Crippen LogP contribution is 2.29. The van der Waals surface area contributed by atoms with Crippen molar-refractivity contribution in [2.24, 2.45) is 0 Å². The van der Waals surface area contributed by atoms with Crippen LogP contribution in [0.2, 0.25) is 0 Å². The first-order chi connectivity index (χ1) is 8.29. The molecular weight excluding hydrogens is 229 g/mol. The summed E-state index contributed by atoms with van der Waals surface area (Å²) in [6.45, 7) is 10.6. The summed E-state index contributed by atoms with van der Waals surface area (Å²) in [7, 11) is 0. The SMILES string of the molecule is Cc1ccc2c(C)c(CNC(C)(C)C)oc2c1F. The summed E-state index contributed by atoms with van der Waals surface area (Å²) in [4.78, 5) is 0. The first-order valence-electron chi connectivity index (χ1n) is 6.22. The van der Waals surface area contributed by atoms with Crippen LogP contribution in [0.1, 0.15) is 37.7 Å². The van der Waals surface area contributed by atoms with E-state index in [0.29, 0.717) is 17.7 Å². The van der Waals surface area contributed by atoms with Gasteiger partial charge in [0.2, 0.25) is 0 Å². The van der Waals surface area contributed by atoms with E-state index in [1.165, 1.54) is 0 Å². The molecule has 3 heteroatoms. The van der Waals surface area contributed by atoms with E-state index >= 15 is 0 Å². The Morgan fingerprint density at radius 2 is 1.89 bits per heavy atom. The second kappa shape index (κ2) is 4.39. The van der Waals surface area contributed by atoms with Crippen LogP contribution in [0.3, 0.4) is 0 Å². The van der Waals surface area contributed by atoms with Gasteiger partial charge >= 0.3 is 0 Å². The average Bonchev–Trinajstić information content (AvgIpc) is 2.58. The summed E-state index contributed by atoms with van der Waals surface area (Å²) in [5.41, 5.74) is 2.02. The third-order valence-electron chi connectivity index (χ3n) is 3.12. The second-order valence-corrected chi connectivity index (χ2v) is 5.83. The normalized spacial score (nSPS) is 12.3. The van der Waals surface area contributed by atoms with Gasteiger partial charge in [-0.2, -0.15) is 0 Å². The van der Waals surface area contributed by atoms with Gasteiger partial charge in [0.25, 0.3) is 0 Å². The number of nitrogens with one attached hydrogen (secondary N) is 1. The lowest BCUT2D eigenvalue weighted by atomic mass is 10.1. The fourth-order valence-electron chi connectivity index (χ4n) is 1.91. The van der Waals surface area contributed by atoms with Crippen molar-refractivity contribution in [3.8, 4) is 0 Å². The van der Waals surface area contributed by atoms with E-state index in [0.717, 1.165) is 16.7 Å². The van der Waals surface area contributed by atoms with Crippen molar-refractivity contribution in [1.82, 2.24) is 5.32 Å². The molecule has 0 bridgehead atoms. The predicted octanol–water partition coefficient (Wildman–Crippen LogP) is 4.08. The van der Waals surface area contributed by atoms with Crippen molar-refractivity contribution in [1.29, 1.82) is 0 Å². The van der Waals surface area contributed by atoms with Crippen molar-refractivity contribution >= 4 is 11.0 Å². The number of fused-ring (bicyclic) bond motifs is 1. The van der Waals surface area contributed by atoms with Gasteiger partial charge in [-0.15, -0.1) is 0 Å². The van der Waals surface area contributed by atoms with Gasteiger partial charge in [-0.25, -0.2) is 4.39 Å². The minimum atomic E-state index is -0.252. The number of benzene rings is 1. The third kappa shape index (κ3) is 2.41. The minimum Gasteiger partial charge on any atom is -0.456 e. The lowest BCUT2D eigenvalue weighted by Gasteiger charge is -2.19. The topological polar surface area (TPSA) is 25.2 Å². The van der Waals surface area contributed by atoms with Crippen LogP contribution in [0.4, 0.5) is 4.39 Å². The quantitative estimate of drug-likeness (QED) is 0.867. The minimum absolute atomic E-state index is 0.0138. The summed E-state index contributed by atoms with van der Waals surface area (Å²) in [5.74, 6) is 0.557. The Morgan fingerprint density at radius 3 is 2.50 bits per heavy atom. The van der Waals surface area contributed by atoms with Crippen molar-refractivity contribution in [3.63, 3.8) is 0 Å². The van der Waals surface area contributed by atoms with Gasteiger partial charge in [-0.3, -0.25) is 0 Å². The van der Waals surface area contributed by atoms with Crippen LogP contribution in [-0.2, 0) is 6.54 Å². The van der Waals surface area contributed by atoms with Gasteiger partial charge in [0.05, 0.1) is 6.54 Å². The lowest BCUT2D eigenvalue weighted by Crippen LogP contribution is -2.35. The van der Waals surface area contributed by atoms with Gasteiger partial charge in [0.15, 0.2) is 11.4 Å². The zero-order valence-electron chi connectivity index (χ0n) is 11.6. The highest BCUT2D eigenvalue weighted by Gasteiger charge is 2.17. The maximum atomic E-state index is 14.0. The van der Waals surface area contributed by atoms with Crippen LogP contribution in [-0.4, -0.2) is 5.54 Å². The summed E-state index contributed by atoms with van der Waals surface area (Å²) >= 11 is 0. The lowest BCUT2D eigenvalue weighted by molar-refractivity contribution is 0.392. The molecule has 2 nitrogen and oxygen atoms in total. The van der Waals surface area contributed by atoms with Crippen LogP contribution in [0.5, 0.6) is 0 Å². The monoisotopic (exact) mass is 249 g/mol. The molecule has 2 aromatic rings. The number of hydrogen-bond donors (Lipinski definition) is 1. The third-order valence-corrected chi connectivity index (χ3v) is 3.12.